The summed E-state index contributed by atoms with van der Waals surface area (Å²) in [5.74, 6) is 4.93. The molecule has 1 aromatic carbocycles. The number of rotatable bonds is 1. The van der Waals surface area contributed by atoms with Crippen molar-refractivity contribution in [3.8, 4) is 11.8 Å². The molecule has 84 valence electrons. The molecular formula is C11H6BrF3O. The summed E-state index contributed by atoms with van der Waals surface area (Å²) in [6, 6.07) is 3.69. The Hall–Kier alpha value is -1.28. The summed E-state index contributed by atoms with van der Waals surface area (Å²) in [5, 5.41) is 0. The smallest absolute Gasteiger partial charge is 0.302 e. The zero-order chi connectivity index (χ0) is 12.2. The van der Waals surface area contributed by atoms with Gasteiger partial charge < -0.3 is 4.79 Å². The van der Waals surface area contributed by atoms with E-state index in [1.807, 2.05) is 0 Å². The SMILES string of the molecule is O=CCC#Cc1ccc(Br)c(C(F)(F)F)c1. The molecule has 5 heteroatoms. The molecular weight excluding hydrogens is 285 g/mol. The highest BCUT2D eigenvalue weighted by Crippen LogP contribution is 2.35. The summed E-state index contributed by atoms with van der Waals surface area (Å²) in [7, 11) is 0. The Morgan fingerprint density at radius 3 is 2.62 bits per heavy atom. The maximum atomic E-state index is 12.5. The molecule has 0 saturated carbocycles. The van der Waals surface area contributed by atoms with Gasteiger partial charge in [0.15, 0.2) is 0 Å². The van der Waals surface area contributed by atoms with Crippen LogP contribution in [0, 0.1) is 11.8 Å². The van der Waals surface area contributed by atoms with E-state index in [0.717, 1.165) is 6.07 Å². The maximum absolute atomic E-state index is 12.5. The van der Waals surface area contributed by atoms with E-state index in [9.17, 15) is 18.0 Å². The molecule has 1 rings (SSSR count). The van der Waals surface area contributed by atoms with Crippen molar-refractivity contribution in [2.24, 2.45) is 0 Å². The van der Waals surface area contributed by atoms with Gasteiger partial charge in [-0.3, -0.25) is 0 Å². The van der Waals surface area contributed by atoms with E-state index >= 15 is 0 Å². The fourth-order valence-electron chi connectivity index (χ4n) is 1.02. The summed E-state index contributed by atoms with van der Waals surface area (Å²) >= 11 is 2.82. The van der Waals surface area contributed by atoms with Crippen LogP contribution in [0.4, 0.5) is 13.2 Å². The van der Waals surface area contributed by atoms with Crippen LogP contribution in [0.15, 0.2) is 22.7 Å². The lowest BCUT2D eigenvalue weighted by molar-refractivity contribution is -0.138. The van der Waals surface area contributed by atoms with Gasteiger partial charge in [0.05, 0.1) is 12.0 Å². The Balaban J connectivity index is 3.09. The molecule has 0 amide bonds. The van der Waals surface area contributed by atoms with Crippen molar-refractivity contribution in [3.05, 3.63) is 33.8 Å². The highest BCUT2D eigenvalue weighted by molar-refractivity contribution is 9.10. The number of benzene rings is 1. The lowest BCUT2D eigenvalue weighted by Gasteiger charge is -2.08. The van der Waals surface area contributed by atoms with Gasteiger partial charge in [-0.2, -0.15) is 13.2 Å². The van der Waals surface area contributed by atoms with Crippen molar-refractivity contribution in [2.75, 3.05) is 0 Å². The van der Waals surface area contributed by atoms with Crippen molar-refractivity contribution >= 4 is 22.2 Å². The van der Waals surface area contributed by atoms with Crippen LogP contribution >= 0.6 is 15.9 Å². The third-order valence-electron chi connectivity index (χ3n) is 1.69. The lowest BCUT2D eigenvalue weighted by Crippen LogP contribution is -2.06. The fourth-order valence-corrected chi connectivity index (χ4v) is 1.49. The van der Waals surface area contributed by atoms with E-state index < -0.39 is 11.7 Å². The molecule has 0 radical (unpaired) electrons. The number of alkyl halides is 3. The van der Waals surface area contributed by atoms with Gasteiger partial charge in [0.25, 0.3) is 0 Å². The molecule has 0 bridgehead atoms. The molecule has 0 saturated heterocycles. The highest BCUT2D eigenvalue weighted by Gasteiger charge is 2.32. The van der Waals surface area contributed by atoms with Gasteiger partial charge in [0.2, 0.25) is 0 Å². The van der Waals surface area contributed by atoms with Crippen LogP contribution in [0.2, 0.25) is 0 Å². The van der Waals surface area contributed by atoms with E-state index in [1.54, 1.807) is 0 Å². The molecule has 0 spiro atoms. The lowest BCUT2D eigenvalue weighted by atomic mass is 10.1. The number of carbonyl (C=O) groups excluding carboxylic acids is 1. The topological polar surface area (TPSA) is 17.1 Å². The zero-order valence-corrected chi connectivity index (χ0v) is 9.52. The largest absolute Gasteiger partial charge is 0.417 e. The van der Waals surface area contributed by atoms with E-state index in [0.29, 0.717) is 6.29 Å². The first-order valence-electron chi connectivity index (χ1n) is 4.24. The second-order valence-electron chi connectivity index (χ2n) is 2.86. The van der Waals surface area contributed by atoms with Crippen LogP contribution in [-0.2, 0) is 11.0 Å². The monoisotopic (exact) mass is 290 g/mol. The predicted octanol–water partition coefficient (Wildman–Crippen LogP) is 3.41. The highest BCUT2D eigenvalue weighted by atomic mass is 79.9. The molecule has 0 aliphatic heterocycles. The quantitative estimate of drug-likeness (QED) is 0.572. The minimum absolute atomic E-state index is 0.0113. The standard InChI is InChI=1S/C11H6BrF3O/c12-10-5-4-8(3-1-2-6-16)7-9(10)11(13,14)15/h4-7H,2H2. The molecule has 0 aliphatic rings. The molecule has 0 atom stereocenters. The number of aldehydes is 1. The Bertz CT molecular complexity index is 455. The molecule has 0 N–H and O–H groups in total. The molecule has 1 aromatic rings. The molecule has 0 aliphatic carbocycles. The first-order valence-corrected chi connectivity index (χ1v) is 5.03. The summed E-state index contributed by atoms with van der Waals surface area (Å²) < 4.78 is 37.4. The Morgan fingerprint density at radius 1 is 1.38 bits per heavy atom. The van der Waals surface area contributed by atoms with Gasteiger partial charge in [-0.15, -0.1) is 0 Å². The Kier molecular flexibility index (Phi) is 4.13. The van der Waals surface area contributed by atoms with Crippen molar-refractivity contribution in [1.29, 1.82) is 0 Å². The average molecular weight is 291 g/mol. The second-order valence-corrected chi connectivity index (χ2v) is 3.72. The fraction of sp³-hybridized carbons (Fsp3) is 0.182. The van der Waals surface area contributed by atoms with Crippen molar-refractivity contribution in [3.63, 3.8) is 0 Å². The van der Waals surface area contributed by atoms with E-state index in [2.05, 4.69) is 27.8 Å². The Morgan fingerprint density at radius 2 is 2.06 bits per heavy atom. The van der Waals surface area contributed by atoms with Crippen LogP contribution in [-0.4, -0.2) is 6.29 Å². The van der Waals surface area contributed by atoms with Gasteiger partial charge in [-0.05, 0) is 18.2 Å². The minimum Gasteiger partial charge on any atom is -0.302 e. The van der Waals surface area contributed by atoms with Gasteiger partial charge in [0.1, 0.15) is 6.29 Å². The first kappa shape index (κ1) is 12.8. The van der Waals surface area contributed by atoms with E-state index in [-0.39, 0.29) is 16.5 Å². The zero-order valence-electron chi connectivity index (χ0n) is 7.94. The van der Waals surface area contributed by atoms with Crippen LogP contribution in [0.25, 0.3) is 0 Å². The third kappa shape index (κ3) is 3.38. The van der Waals surface area contributed by atoms with Crippen LogP contribution in [0.3, 0.4) is 0 Å². The molecule has 0 unspecified atom stereocenters. The van der Waals surface area contributed by atoms with Crippen LogP contribution in [0.5, 0.6) is 0 Å². The molecule has 0 aromatic heterocycles. The summed E-state index contributed by atoms with van der Waals surface area (Å²) in [5.41, 5.74) is -0.539. The van der Waals surface area contributed by atoms with Crippen molar-refractivity contribution in [1.82, 2.24) is 0 Å². The number of hydrogen-bond donors (Lipinski definition) is 0. The summed E-state index contributed by atoms with van der Waals surface area (Å²) in [4.78, 5) is 9.99. The first-order chi connectivity index (χ1) is 7.45. The molecule has 0 heterocycles. The van der Waals surface area contributed by atoms with E-state index in [4.69, 9.17) is 0 Å². The molecule has 0 fully saturated rings. The molecule has 1 nitrogen and oxygen atoms in total. The Labute approximate surface area is 98.8 Å². The van der Waals surface area contributed by atoms with Gasteiger partial charge >= 0.3 is 6.18 Å². The number of halogens is 4. The van der Waals surface area contributed by atoms with Crippen molar-refractivity contribution < 1.29 is 18.0 Å². The average Bonchev–Trinajstić information content (AvgIpc) is 2.19. The van der Waals surface area contributed by atoms with Gasteiger partial charge in [0, 0.05) is 10.0 Å². The number of carbonyl (C=O) groups is 1. The second kappa shape index (κ2) is 5.17. The van der Waals surface area contributed by atoms with E-state index in [1.165, 1.54) is 12.1 Å². The van der Waals surface area contributed by atoms with Crippen LogP contribution in [0.1, 0.15) is 17.5 Å². The predicted molar refractivity (Wildman–Crippen MR) is 56.7 cm³/mol. The van der Waals surface area contributed by atoms with Gasteiger partial charge in [-0.25, -0.2) is 0 Å². The van der Waals surface area contributed by atoms with Crippen molar-refractivity contribution in [2.45, 2.75) is 12.6 Å². The summed E-state index contributed by atoms with van der Waals surface area (Å²) in [6.07, 6.45) is -3.81. The minimum atomic E-state index is -4.42. The normalized spacial score (nSPS) is 10.5. The summed E-state index contributed by atoms with van der Waals surface area (Å²) in [6.45, 7) is 0. The van der Waals surface area contributed by atoms with Gasteiger partial charge in [-0.1, -0.05) is 27.8 Å². The number of hydrogen-bond acceptors (Lipinski definition) is 1. The maximum Gasteiger partial charge on any atom is 0.417 e. The third-order valence-corrected chi connectivity index (χ3v) is 2.38. The van der Waals surface area contributed by atoms with Crippen LogP contribution < -0.4 is 0 Å². The molecule has 16 heavy (non-hydrogen) atoms.